The second-order valence-electron chi connectivity index (χ2n) is 1.53. The van der Waals surface area contributed by atoms with E-state index in [2.05, 4.69) is 4.74 Å². The predicted octanol–water partition coefficient (Wildman–Crippen LogP) is 0.529. The van der Waals surface area contributed by atoms with E-state index in [1.54, 1.807) is 6.92 Å². The fourth-order valence-corrected chi connectivity index (χ4v) is 0.323. The Morgan fingerprint density at radius 1 is 1.67 bits per heavy atom. The average Bonchev–Trinajstić information content (AvgIpc) is 1.89. The molecule has 0 amide bonds. The summed E-state index contributed by atoms with van der Waals surface area (Å²) in [5.41, 5.74) is 0. The molecule has 0 saturated carbocycles. The number of carbonyl (C=O) groups excluding carboxylic acids is 2. The van der Waals surface area contributed by atoms with Crippen LogP contribution in [0.4, 0.5) is 0 Å². The Balaban J connectivity index is 3.06. The summed E-state index contributed by atoms with van der Waals surface area (Å²) in [5, 5.41) is 0. The minimum atomic E-state index is -0.253. The minimum absolute atomic E-state index is 0.218. The molecule has 0 aromatic heterocycles. The summed E-state index contributed by atoms with van der Waals surface area (Å²) in [7, 11) is 0. The second-order valence-corrected chi connectivity index (χ2v) is 1.53. The molecule has 0 rings (SSSR count). The number of carbonyl (C=O) groups is 2. The fourth-order valence-electron chi connectivity index (χ4n) is 0.323. The van der Waals surface area contributed by atoms with Gasteiger partial charge >= 0.3 is 5.97 Å². The van der Waals surface area contributed by atoms with Crippen LogP contribution in [-0.2, 0) is 14.3 Å². The lowest BCUT2D eigenvalue weighted by molar-refractivity contribution is -0.143. The third-order valence-electron chi connectivity index (χ3n) is 0.787. The normalized spacial score (nSPS) is 8.56. The first-order valence-corrected chi connectivity index (χ1v) is 2.90. The molecule has 0 aliphatic carbocycles. The van der Waals surface area contributed by atoms with Crippen LogP contribution >= 0.6 is 0 Å². The molecule has 0 radical (unpaired) electrons. The van der Waals surface area contributed by atoms with Crippen molar-refractivity contribution in [2.45, 2.75) is 19.8 Å². The number of hydrogen-bond donors (Lipinski definition) is 0. The van der Waals surface area contributed by atoms with Gasteiger partial charge in [0.05, 0.1) is 6.61 Å². The first-order chi connectivity index (χ1) is 4.31. The first kappa shape index (κ1) is 8.14. The van der Waals surface area contributed by atoms with E-state index >= 15 is 0 Å². The van der Waals surface area contributed by atoms with Gasteiger partial charge in [-0.2, -0.15) is 0 Å². The number of ether oxygens (including phenoxy) is 1. The monoisotopic (exact) mass is 130 g/mol. The van der Waals surface area contributed by atoms with E-state index in [0.717, 1.165) is 6.29 Å². The predicted molar refractivity (Wildman–Crippen MR) is 31.9 cm³/mol. The quantitative estimate of drug-likeness (QED) is 0.316. The summed E-state index contributed by atoms with van der Waals surface area (Å²) in [6.07, 6.45) is 1.40. The molecule has 0 heterocycles. The van der Waals surface area contributed by atoms with E-state index in [1.807, 2.05) is 0 Å². The van der Waals surface area contributed by atoms with Crippen LogP contribution in [0.2, 0.25) is 0 Å². The van der Waals surface area contributed by atoms with Crippen molar-refractivity contribution in [1.82, 2.24) is 0 Å². The standard InChI is InChI=1S/C6H10O3/c1-2-6(8)9-5-3-4-7/h4H,2-3,5H2,1H3. The van der Waals surface area contributed by atoms with E-state index in [0.29, 0.717) is 12.8 Å². The first-order valence-electron chi connectivity index (χ1n) is 2.90. The van der Waals surface area contributed by atoms with Gasteiger partial charge in [-0.25, -0.2) is 0 Å². The summed E-state index contributed by atoms with van der Waals surface area (Å²) >= 11 is 0. The van der Waals surface area contributed by atoms with Crippen molar-refractivity contribution in [3.63, 3.8) is 0 Å². The third-order valence-corrected chi connectivity index (χ3v) is 0.787. The molecule has 0 N–H and O–H groups in total. The lowest BCUT2D eigenvalue weighted by Gasteiger charge is -1.96. The zero-order chi connectivity index (χ0) is 7.11. The van der Waals surface area contributed by atoms with Crippen LogP contribution in [0.3, 0.4) is 0 Å². The van der Waals surface area contributed by atoms with Gasteiger partial charge in [-0.1, -0.05) is 6.92 Å². The Kier molecular flexibility index (Phi) is 4.78. The Morgan fingerprint density at radius 3 is 2.78 bits per heavy atom. The lowest BCUT2D eigenvalue weighted by atomic mass is 10.5. The van der Waals surface area contributed by atoms with Crippen LogP contribution in [0, 0.1) is 0 Å². The van der Waals surface area contributed by atoms with E-state index in [9.17, 15) is 9.59 Å². The highest BCUT2D eigenvalue weighted by molar-refractivity contribution is 5.69. The van der Waals surface area contributed by atoms with Crippen molar-refractivity contribution in [3.05, 3.63) is 0 Å². The van der Waals surface area contributed by atoms with Crippen molar-refractivity contribution >= 4 is 12.3 Å². The molecule has 0 aromatic rings. The average molecular weight is 130 g/mol. The van der Waals surface area contributed by atoms with E-state index in [1.165, 1.54) is 0 Å². The molecule has 0 fully saturated rings. The van der Waals surface area contributed by atoms with Crippen molar-refractivity contribution in [1.29, 1.82) is 0 Å². The van der Waals surface area contributed by atoms with Crippen LogP contribution in [0.25, 0.3) is 0 Å². The Labute approximate surface area is 54.0 Å². The van der Waals surface area contributed by atoms with Crippen molar-refractivity contribution in [2.24, 2.45) is 0 Å². The molecule has 0 atom stereocenters. The molecule has 0 saturated heterocycles. The highest BCUT2D eigenvalue weighted by Crippen LogP contribution is 1.84. The maximum Gasteiger partial charge on any atom is 0.305 e. The summed E-state index contributed by atoms with van der Waals surface area (Å²) < 4.78 is 4.56. The topological polar surface area (TPSA) is 43.4 Å². The number of aldehydes is 1. The van der Waals surface area contributed by atoms with Gasteiger partial charge in [0.2, 0.25) is 0 Å². The summed E-state index contributed by atoms with van der Waals surface area (Å²) in [6, 6.07) is 0. The summed E-state index contributed by atoms with van der Waals surface area (Å²) in [5.74, 6) is -0.253. The second kappa shape index (κ2) is 5.28. The van der Waals surface area contributed by atoms with Crippen LogP contribution in [-0.4, -0.2) is 18.9 Å². The van der Waals surface area contributed by atoms with Gasteiger partial charge in [-0.3, -0.25) is 4.79 Å². The van der Waals surface area contributed by atoms with Gasteiger partial charge in [-0.15, -0.1) is 0 Å². The van der Waals surface area contributed by atoms with E-state index in [-0.39, 0.29) is 12.6 Å². The SMILES string of the molecule is CCC(=O)OCCC=O. The number of rotatable bonds is 4. The Hall–Kier alpha value is -0.860. The fraction of sp³-hybridized carbons (Fsp3) is 0.667. The zero-order valence-corrected chi connectivity index (χ0v) is 5.42. The molecule has 3 heteroatoms. The Morgan fingerprint density at radius 2 is 2.33 bits per heavy atom. The molecule has 0 unspecified atom stereocenters. The van der Waals surface area contributed by atoms with Gasteiger partial charge in [0.15, 0.2) is 0 Å². The van der Waals surface area contributed by atoms with Gasteiger partial charge < -0.3 is 9.53 Å². The highest BCUT2D eigenvalue weighted by Gasteiger charge is 1.94. The molecule has 9 heavy (non-hydrogen) atoms. The van der Waals surface area contributed by atoms with E-state index < -0.39 is 0 Å². The molecular formula is C6H10O3. The third kappa shape index (κ3) is 5.00. The van der Waals surface area contributed by atoms with Gasteiger partial charge in [0.25, 0.3) is 0 Å². The van der Waals surface area contributed by atoms with Crippen molar-refractivity contribution in [2.75, 3.05) is 6.61 Å². The molecule has 0 aliphatic heterocycles. The zero-order valence-electron chi connectivity index (χ0n) is 5.42. The van der Waals surface area contributed by atoms with E-state index in [4.69, 9.17) is 0 Å². The van der Waals surface area contributed by atoms with Gasteiger partial charge in [0.1, 0.15) is 6.29 Å². The largest absolute Gasteiger partial charge is 0.465 e. The smallest absolute Gasteiger partial charge is 0.305 e. The maximum atomic E-state index is 10.3. The molecule has 3 nitrogen and oxygen atoms in total. The van der Waals surface area contributed by atoms with Crippen LogP contribution in [0.15, 0.2) is 0 Å². The highest BCUT2D eigenvalue weighted by atomic mass is 16.5. The Bertz CT molecular complexity index is 98.5. The van der Waals surface area contributed by atoms with Crippen LogP contribution in [0.1, 0.15) is 19.8 Å². The molecule has 0 bridgehead atoms. The van der Waals surface area contributed by atoms with Gasteiger partial charge in [0, 0.05) is 12.8 Å². The van der Waals surface area contributed by atoms with Crippen LogP contribution < -0.4 is 0 Å². The number of esters is 1. The number of hydrogen-bond acceptors (Lipinski definition) is 3. The molecule has 52 valence electrons. The molecule has 0 aliphatic rings. The molecule has 0 spiro atoms. The van der Waals surface area contributed by atoms with Crippen molar-refractivity contribution < 1.29 is 14.3 Å². The summed E-state index contributed by atoms with van der Waals surface area (Å²) in [4.78, 5) is 20.0. The van der Waals surface area contributed by atoms with Crippen LogP contribution in [0.5, 0.6) is 0 Å². The van der Waals surface area contributed by atoms with Crippen molar-refractivity contribution in [3.8, 4) is 0 Å². The molecular weight excluding hydrogens is 120 g/mol. The van der Waals surface area contributed by atoms with Gasteiger partial charge in [-0.05, 0) is 0 Å². The maximum absolute atomic E-state index is 10.3. The molecule has 0 aromatic carbocycles. The lowest BCUT2D eigenvalue weighted by Crippen LogP contribution is -2.03. The summed E-state index contributed by atoms with van der Waals surface area (Å²) in [6.45, 7) is 1.93. The minimum Gasteiger partial charge on any atom is -0.465 e.